The van der Waals surface area contributed by atoms with Crippen molar-refractivity contribution in [1.29, 1.82) is 0 Å². The maximum Gasteiger partial charge on any atom is 0.419 e. The molecule has 1 fully saturated rings. The predicted octanol–water partition coefficient (Wildman–Crippen LogP) is 3.48. The van der Waals surface area contributed by atoms with Gasteiger partial charge in [0, 0.05) is 18.8 Å². The standard InChI is InChI=1S/C12H15F3N2/c1-9-5-2-3-8-17(9)11-10(12(13,14)15)6-4-7-16-11/h4,6-7,9H,2-3,5,8H2,1H3/t9-/m1/s1. The molecule has 1 aromatic rings. The molecule has 1 saturated heterocycles. The smallest absolute Gasteiger partial charge is 0.353 e. The number of pyridine rings is 1. The van der Waals surface area contributed by atoms with Gasteiger partial charge in [-0.3, -0.25) is 0 Å². The molecule has 1 aromatic heterocycles. The van der Waals surface area contributed by atoms with E-state index in [4.69, 9.17) is 0 Å². The van der Waals surface area contributed by atoms with E-state index in [1.54, 1.807) is 4.90 Å². The maximum absolute atomic E-state index is 12.9. The number of nitrogens with zero attached hydrogens (tertiary/aromatic N) is 2. The van der Waals surface area contributed by atoms with Crippen LogP contribution in [-0.4, -0.2) is 17.6 Å². The van der Waals surface area contributed by atoms with Crippen molar-refractivity contribution >= 4 is 5.82 Å². The summed E-state index contributed by atoms with van der Waals surface area (Å²) in [4.78, 5) is 5.70. The zero-order valence-corrected chi connectivity index (χ0v) is 9.67. The number of aromatic nitrogens is 1. The average Bonchev–Trinajstić information content (AvgIpc) is 2.28. The molecule has 2 heterocycles. The van der Waals surface area contributed by atoms with Crippen LogP contribution in [0.2, 0.25) is 0 Å². The fourth-order valence-corrected chi connectivity index (χ4v) is 2.26. The molecule has 2 nitrogen and oxygen atoms in total. The third-order valence-corrected chi connectivity index (χ3v) is 3.17. The Morgan fingerprint density at radius 1 is 1.35 bits per heavy atom. The Bertz CT molecular complexity index is 390. The molecule has 1 aliphatic heterocycles. The molecule has 0 aliphatic carbocycles. The van der Waals surface area contributed by atoms with Crippen LogP contribution in [0.15, 0.2) is 18.3 Å². The molecule has 1 aliphatic rings. The van der Waals surface area contributed by atoms with Gasteiger partial charge in [-0.2, -0.15) is 13.2 Å². The highest BCUT2D eigenvalue weighted by atomic mass is 19.4. The fourth-order valence-electron chi connectivity index (χ4n) is 2.26. The van der Waals surface area contributed by atoms with Crippen LogP contribution in [0.3, 0.4) is 0 Å². The summed E-state index contributed by atoms with van der Waals surface area (Å²) in [6.07, 6.45) is 0.0184. The summed E-state index contributed by atoms with van der Waals surface area (Å²) in [5.41, 5.74) is -0.631. The summed E-state index contributed by atoms with van der Waals surface area (Å²) in [6.45, 7) is 2.61. The summed E-state index contributed by atoms with van der Waals surface area (Å²) < 4.78 is 38.6. The third-order valence-electron chi connectivity index (χ3n) is 3.17. The summed E-state index contributed by atoms with van der Waals surface area (Å²) in [6, 6.07) is 2.56. The second kappa shape index (κ2) is 4.55. The first-order chi connectivity index (χ1) is 8.00. The highest BCUT2D eigenvalue weighted by Gasteiger charge is 2.36. The van der Waals surface area contributed by atoms with Gasteiger partial charge in [-0.15, -0.1) is 0 Å². The lowest BCUT2D eigenvalue weighted by Crippen LogP contribution is -2.39. The van der Waals surface area contributed by atoms with Crippen molar-refractivity contribution in [3.63, 3.8) is 0 Å². The highest BCUT2D eigenvalue weighted by Crippen LogP contribution is 2.36. The first-order valence-corrected chi connectivity index (χ1v) is 5.79. The zero-order valence-electron chi connectivity index (χ0n) is 9.67. The van der Waals surface area contributed by atoms with Crippen LogP contribution < -0.4 is 4.90 Å². The van der Waals surface area contributed by atoms with Crippen LogP contribution in [0.1, 0.15) is 31.7 Å². The first kappa shape index (κ1) is 12.2. The predicted molar refractivity (Wildman–Crippen MR) is 59.9 cm³/mol. The number of hydrogen-bond donors (Lipinski definition) is 0. The molecule has 0 amide bonds. The van der Waals surface area contributed by atoms with Crippen LogP contribution >= 0.6 is 0 Å². The van der Waals surface area contributed by atoms with Gasteiger partial charge >= 0.3 is 6.18 Å². The van der Waals surface area contributed by atoms with Crippen LogP contribution in [-0.2, 0) is 6.18 Å². The van der Waals surface area contributed by atoms with E-state index in [9.17, 15) is 13.2 Å². The van der Waals surface area contributed by atoms with Gasteiger partial charge in [-0.1, -0.05) is 0 Å². The number of anilines is 1. The average molecular weight is 244 g/mol. The van der Waals surface area contributed by atoms with Crippen molar-refractivity contribution in [2.45, 2.75) is 38.4 Å². The molecular formula is C12H15F3N2. The lowest BCUT2D eigenvalue weighted by molar-refractivity contribution is -0.137. The third kappa shape index (κ3) is 2.53. The van der Waals surface area contributed by atoms with Gasteiger partial charge in [-0.05, 0) is 38.3 Å². The second-order valence-electron chi connectivity index (χ2n) is 4.41. The van der Waals surface area contributed by atoms with Crippen LogP contribution in [0, 0.1) is 0 Å². The molecule has 0 unspecified atom stereocenters. The molecule has 5 heteroatoms. The minimum Gasteiger partial charge on any atom is -0.353 e. The normalized spacial score (nSPS) is 21.6. The number of hydrogen-bond acceptors (Lipinski definition) is 2. The van der Waals surface area contributed by atoms with Crippen LogP contribution in [0.25, 0.3) is 0 Å². The quantitative estimate of drug-likeness (QED) is 0.751. The number of halogens is 3. The van der Waals surface area contributed by atoms with E-state index in [0.29, 0.717) is 6.54 Å². The van der Waals surface area contributed by atoms with Crippen molar-refractivity contribution in [3.05, 3.63) is 23.9 Å². The summed E-state index contributed by atoms with van der Waals surface area (Å²) >= 11 is 0. The van der Waals surface area contributed by atoms with Crippen molar-refractivity contribution in [2.75, 3.05) is 11.4 Å². The van der Waals surface area contributed by atoms with E-state index < -0.39 is 11.7 Å². The largest absolute Gasteiger partial charge is 0.419 e. The van der Waals surface area contributed by atoms with Crippen molar-refractivity contribution in [2.24, 2.45) is 0 Å². The Morgan fingerprint density at radius 2 is 2.12 bits per heavy atom. The molecule has 0 bridgehead atoms. The van der Waals surface area contributed by atoms with Crippen LogP contribution in [0.5, 0.6) is 0 Å². The van der Waals surface area contributed by atoms with Gasteiger partial charge in [-0.25, -0.2) is 4.98 Å². The van der Waals surface area contributed by atoms with E-state index in [-0.39, 0.29) is 11.9 Å². The molecule has 2 rings (SSSR count). The van der Waals surface area contributed by atoms with Crippen LogP contribution in [0.4, 0.5) is 19.0 Å². The zero-order chi connectivity index (χ0) is 12.5. The maximum atomic E-state index is 12.9. The van der Waals surface area contributed by atoms with Gasteiger partial charge in [0.2, 0.25) is 0 Å². The topological polar surface area (TPSA) is 16.1 Å². The van der Waals surface area contributed by atoms with E-state index in [1.165, 1.54) is 12.3 Å². The summed E-state index contributed by atoms with van der Waals surface area (Å²) in [7, 11) is 0. The van der Waals surface area contributed by atoms with Gasteiger partial charge in [0.15, 0.2) is 0 Å². The number of alkyl halides is 3. The van der Waals surface area contributed by atoms with Gasteiger partial charge in [0.1, 0.15) is 5.82 Å². The Morgan fingerprint density at radius 3 is 2.76 bits per heavy atom. The Balaban J connectivity index is 2.37. The minimum absolute atomic E-state index is 0.0761. The molecule has 17 heavy (non-hydrogen) atoms. The SMILES string of the molecule is C[C@@H]1CCCCN1c1ncccc1C(F)(F)F. The highest BCUT2D eigenvalue weighted by molar-refractivity contribution is 5.49. The molecular weight excluding hydrogens is 229 g/mol. The minimum atomic E-state index is -4.33. The van der Waals surface area contributed by atoms with Gasteiger partial charge in [0.25, 0.3) is 0 Å². The van der Waals surface area contributed by atoms with Gasteiger partial charge in [0.05, 0.1) is 5.56 Å². The molecule has 0 radical (unpaired) electrons. The lowest BCUT2D eigenvalue weighted by atomic mass is 10.0. The lowest BCUT2D eigenvalue weighted by Gasteiger charge is -2.35. The summed E-state index contributed by atoms with van der Waals surface area (Å²) in [5, 5.41) is 0. The second-order valence-corrected chi connectivity index (χ2v) is 4.41. The fraction of sp³-hybridized carbons (Fsp3) is 0.583. The molecule has 0 N–H and O–H groups in total. The number of piperidine rings is 1. The molecule has 1 atom stereocenters. The monoisotopic (exact) mass is 244 g/mol. The van der Waals surface area contributed by atoms with E-state index in [0.717, 1.165) is 25.3 Å². The van der Waals surface area contributed by atoms with E-state index in [2.05, 4.69) is 4.98 Å². The Kier molecular flexibility index (Phi) is 3.26. The molecule has 94 valence electrons. The van der Waals surface area contributed by atoms with Crippen molar-refractivity contribution < 1.29 is 13.2 Å². The van der Waals surface area contributed by atoms with E-state index >= 15 is 0 Å². The molecule has 0 spiro atoms. The van der Waals surface area contributed by atoms with Crippen molar-refractivity contribution in [1.82, 2.24) is 4.98 Å². The van der Waals surface area contributed by atoms with Crippen molar-refractivity contribution in [3.8, 4) is 0 Å². The summed E-state index contributed by atoms with van der Waals surface area (Å²) in [5.74, 6) is 0.0761. The van der Waals surface area contributed by atoms with E-state index in [1.807, 2.05) is 6.92 Å². The Hall–Kier alpha value is -1.26. The number of rotatable bonds is 1. The first-order valence-electron chi connectivity index (χ1n) is 5.79. The molecule has 0 aromatic carbocycles. The molecule has 0 saturated carbocycles. The van der Waals surface area contributed by atoms with Gasteiger partial charge < -0.3 is 4.90 Å². The Labute approximate surface area is 98.5 Å².